The molecule has 1 amide bonds. The molecule has 2 aliphatic heterocycles. The fourth-order valence-corrected chi connectivity index (χ4v) is 2.70. The molecule has 2 unspecified atom stereocenters. The number of pyridine rings is 1. The lowest BCUT2D eigenvalue weighted by Gasteiger charge is -2.32. The number of carbonyl (C=O) groups excluding carboxylic acids is 1. The van der Waals surface area contributed by atoms with Gasteiger partial charge in [-0.1, -0.05) is 0 Å². The summed E-state index contributed by atoms with van der Waals surface area (Å²) in [5.74, 6) is 0.0604. The molecule has 1 aromatic rings. The molecule has 2 fully saturated rings. The first-order chi connectivity index (χ1) is 8.22. The molecule has 90 valence electrons. The van der Waals surface area contributed by atoms with Gasteiger partial charge in [0.05, 0.1) is 17.8 Å². The van der Waals surface area contributed by atoms with Gasteiger partial charge < -0.3 is 9.64 Å². The van der Waals surface area contributed by atoms with Crippen LogP contribution in [0.3, 0.4) is 0 Å². The number of ether oxygens (including phenoxy) is 1. The molecule has 2 aliphatic rings. The summed E-state index contributed by atoms with van der Waals surface area (Å²) >= 11 is 3.26. The molecule has 0 aliphatic carbocycles. The van der Waals surface area contributed by atoms with Gasteiger partial charge in [-0.3, -0.25) is 4.79 Å². The standard InChI is InChI=1S/C12H13BrN2O2/c13-11-4-1-8(5-14-11)12(16)15-6-9-2-3-10(7-15)17-9/h1,4-5,9-10H,2-3,6-7H2. The third-order valence-electron chi connectivity index (χ3n) is 3.31. The Morgan fingerprint density at radius 3 is 2.65 bits per heavy atom. The molecule has 0 spiro atoms. The highest BCUT2D eigenvalue weighted by Crippen LogP contribution is 2.27. The molecule has 5 heteroatoms. The summed E-state index contributed by atoms with van der Waals surface area (Å²) < 4.78 is 6.46. The zero-order valence-corrected chi connectivity index (χ0v) is 10.9. The van der Waals surface area contributed by atoms with Crippen LogP contribution < -0.4 is 0 Å². The molecule has 0 aromatic carbocycles. The van der Waals surface area contributed by atoms with Crippen LogP contribution in [0.15, 0.2) is 22.9 Å². The third-order valence-corrected chi connectivity index (χ3v) is 3.77. The number of hydrogen-bond acceptors (Lipinski definition) is 3. The fraction of sp³-hybridized carbons (Fsp3) is 0.500. The highest BCUT2D eigenvalue weighted by molar-refractivity contribution is 9.10. The van der Waals surface area contributed by atoms with Gasteiger partial charge in [-0.2, -0.15) is 0 Å². The number of fused-ring (bicyclic) bond motifs is 2. The van der Waals surface area contributed by atoms with E-state index in [1.165, 1.54) is 0 Å². The molecule has 2 bridgehead atoms. The number of morpholine rings is 1. The number of aromatic nitrogens is 1. The van der Waals surface area contributed by atoms with E-state index in [4.69, 9.17) is 4.74 Å². The highest BCUT2D eigenvalue weighted by Gasteiger charge is 2.35. The van der Waals surface area contributed by atoms with Crippen molar-refractivity contribution in [3.63, 3.8) is 0 Å². The molecule has 4 nitrogen and oxygen atoms in total. The summed E-state index contributed by atoms with van der Waals surface area (Å²) in [5.41, 5.74) is 0.648. The second kappa shape index (κ2) is 4.38. The quantitative estimate of drug-likeness (QED) is 0.743. The second-order valence-corrected chi connectivity index (χ2v) is 5.35. The number of carbonyl (C=O) groups is 1. The van der Waals surface area contributed by atoms with Crippen molar-refractivity contribution in [3.8, 4) is 0 Å². The summed E-state index contributed by atoms with van der Waals surface area (Å²) in [6, 6.07) is 3.60. The molecule has 17 heavy (non-hydrogen) atoms. The number of nitrogens with zero attached hydrogens (tertiary/aromatic N) is 2. The Bertz CT molecular complexity index is 423. The van der Waals surface area contributed by atoms with E-state index in [0.717, 1.165) is 17.4 Å². The lowest BCUT2D eigenvalue weighted by Crippen LogP contribution is -2.45. The van der Waals surface area contributed by atoms with Crippen LogP contribution in [-0.2, 0) is 4.74 Å². The third kappa shape index (κ3) is 2.21. The first-order valence-corrected chi connectivity index (χ1v) is 6.58. The Balaban J connectivity index is 1.76. The van der Waals surface area contributed by atoms with Crippen LogP contribution >= 0.6 is 15.9 Å². The maximum absolute atomic E-state index is 12.2. The van der Waals surface area contributed by atoms with E-state index < -0.39 is 0 Å². The van der Waals surface area contributed by atoms with E-state index in [1.54, 1.807) is 18.3 Å². The van der Waals surface area contributed by atoms with Gasteiger partial charge in [-0.25, -0.2) is 4.98 Å². The fourth-order valence-electron chi connectivity index (χ4n) is 2.47. The van der Waals surface area contributed by atoms with Crippen molar-refractivity contribution in [2.45, 2.75) is 25.0 Å². The Morgan fingerprint density at radius 1 is 1.35 bits per heavy atom. The molecule has 0 saturated carbocycles. The number of halogens is 1. The molecule has 3 heterocycles. The monoisotopic (exact) mass is 296 g/mol. The van der Waals surface area contributed by atoms with Crippen molar-refractivity contribution in [1.29, 1.82) is 0 Å². The van der Waals surface area contributed by atoms with Crippen molar-refractivity contribution in [1.82, 2.24) is 9.88 Å². The minimum Gasteiger partial charge on any atom is -0.371 e. The topological polar surface area (TPSA) is 42.4 Å². The predicted octanol–water partition coefficient (Wildman–Crippen LogP) is 1.85. The molecular weight excluding hydrogens is 284 g/mol. The number of hydrogen-bond donors (Lipinski definition) is 0. The maximum Gasteiger partial charge on any atom is 0.255 e. The average Bonchev–Trinajstić information content (AvgIpc) is 2.68. The van der Waals surface area contributed by atoms with Gasteiger partial charge >= 0.3 is 0 Å². The molecule has 2 saturated heterocycles. The summed E-state index contributed by atoms with van der Waals surface area (Å²) in [4.78, 5) is 18.2. The normalized spacial score (nSPS) is 27.2. The van der Waals surface area contributed by atoms with E-state index in [-0.39, 0.29) is 18.1 Å². The van der Waals surface area contributed by atoms with Gasteiger partial charge in [0.15, 0.2) is 0 Å². The zero-order valence-electron chi connectivity index (χ0n) is 9.30. The minimum absolute atomic E-state index is 0.0604. The van der Waals surface area contributed by atoms with Crippen molar-refractivity contribution in [3.05, 3.63) is 28.5 Å². The van der Waals surface area contributed by atoms with Gasteiger partial charge in [-0.15, -0.1) is 0 Å². The van der Waals surface area contributed by atoms with Gasteiger partial charge in [0.25, 0.3) is 5.91 Å². The largest absolute Gasteiger partial charge is 0.371 e. The molecule has 3 rings (SSSR count). The van der Waals surface area contributed by atoms with E-state index >= 15 is 0 Å². The van der Waals surface area contributed by atoms with E-state index in [2.05, 4.69) is 20.9 Å². The lowest BCUT2D eigenvalue weighted by molar-refractivity contribution is -0.0303. The van der Waals surface area contributed by atoms with Crippen LogP contribution in [0.4, 0.5) is 0 Å². The average molecular weight is 297 g/mol. The minimum atomic E-state index is 0.0604. The zero-order chi connectivity index (χ0) is 11.8. The van der Waals surface area contributed by atoms with Crippen molar-refractivity contribution in [2.75, 3.05) is 13.1 Å². The van der Waals surface area contributed by atoms with Crippen molar-refractivity contribution in [2.24, 2.45) is 0 Å². The van der Waals surface area contributed by atoms with Gasteiger partial charge in [-0.05, 0) is 40.9 Å². The molecule has 0 N–H and O–H groups in total. The smallest absolute Gasteiger partial charge is 0.255 e. The summed E-state index contributed by atoms with van der Waals surface area (Å²) in [7, 11) is 0. The first-order valence-electron chi connectivity index (χ1n) is 5.78. The van der Waals surface area contributed by atoms with Crippen LogP contribution in [-0.4, -0.2) is 41.1 Å². The van der Waals surface area contributed by atoms with E-state index in [1.807, 2.05) is 4.90 Å². The molecular formula is C12H13BrN2O2. The Morgan fingerprint density at radius 2 is 2.06 bits per heavy atom. The first kappa shape index (κ1) is 11.2. The Kier molecular flexibility index (Phi) is 2.88. The number of likely N-dealkylation sites (tertiary alicyclic amines) is 1. The van der Waals surface area contributed by atoms with E-state index in [0.29, 0.717) is 18.7 Å². The van der Waals surface area contributed by atoms with Gasteiger partial charge in [0.1, 0.15) is 4.60 Å². The van der Waals surface area contributed by atoms with Gasteiger partial charge in [0.2, 0.25) is 0 Å². The Labute approximate surface area is 108 Å². The van der Waals surface area contributed by atoms with Crippen molar-refractivity contribution < 1.29 is 9.53 Å². The molecule has 2 atom stereocenters. The van der Waals surface area contributed by atoms with E-state index in [9.17, 15) is 4.79 Å². The second-order valence-electron chi connectivity index (χ2n) is 4.54. The number of rotatable bonds is 1. The maximum atomic E-state index is 12.2. The molecule has 0 radical (unpaired) electrons. The Hall–Kier alpha value is -0.940. The lowest BCUT2D eigenvalue weighted by atomic mass is 10.2. The number of amides is 1. The molecule has 1 aromatic heterocycles. The van der Waals surface area contributed by atoms with Crippen LogP contribution in [0.25, 0.3) is 0 Å². The van der Waals surface area contributed by atoms with Crippen molar-refractivity contribution >= 4 is 21.8 Å². The van der Waals surface area contributed by atoms with Crippen LogP contribution in [0.2, 0.25) is 0 Å². The van der Waals surface area contributed by atoms with Crippen LogP contribution in [0.5, 0.6) is 0 Å². The SMILES string of the molecule is O=C(c1ccc(Br)nc1)N1CC2CCC(C1)O2. The highest BCUT2D eigenvalue weighted by atomic mass is 79.9. The summed E-state index contributed by atoms with van der Waals surface area (Å²) in [6.45, 7) is 1.43. The predicted molar refractivity (Wildman–Crippen MR) is 65.7 cm³/mol. The summed E-state index contributed by atoms with van der Waals surface area (Å²) in [5, 5.41) is 0. The summed E-state index contributed by atoms with van der Waals surface area (Å²) in [6.07, 6.45) is 4.24. The van der Waals surface area contributed by atoms with Gasteiger partial charge in [0, 0.05) is 19.3 Å². The van der Waals surface area contributed by atoms with Crippen LogP contribution in [0.1, 0.15) is 23.2 Å². The van der Waals surface area contributed by atoms with Crippen LogP contribution in [0, 0.1) is 0 Å².